The van der Waals surface area contributed by atoms with Gasteiger partial charge in [-0.2, -0.15) is 0 Å². The number of aliphatic hydroxyl groups is 2. The fourth-order valence-corrected chi connectivity index (χ4v) is 0.807. The van der Waals surface area contributed by atoms with Crippen LogP contribution in [0.15, 0.2) is 0 Å². The molecule has 0 radical (unpaired) electrons. The van der Waals surface area contributed by atoms with E-state index in [1.54, 1.807) is 13.8 Å². The molecule has 0 aromatic heterocycles. The molecule has 0 saturated carbocycles. The SMILES string of the molecule is CCC(C)(C)C(O)C(=O)C(C)O. The first kappa shape index (κ1) is 11.6. The lowest BCUT2D eigenvalue weighted by Gasteiger charge is -2.28. The summed E-state index contributed by atoms with van der Waals surface area (Å²) in [5.74, 6) is -0.498. The summed E-state index contributed by atoms with van der Waals surface area (Å²) < 4.78 is 0. The van der Waals surface area contributed by atoms with Gasteiger partial charge >= 0.3 is 0 Å². The molecular formula is C9H18O3. The molecule has 2 N–H and O–H groups in total. The van der Waals surface area contributed by atoms with Gasteiger partial charge in [0.25, 0.3) is 0 Å². The highest BCUT2D eigenvalue weighted by atomic mass is 16.3. The number of ketones is 1. The third-order valence-corrected chi connectivity index (χ3v) is 2.33. The van der Waals surface area contributed by atoms with E-state index in [0.29, 0.717) is 6.42 Å². The van der Waals surface area contributed by atoms with E-state index in [2.05, 4.69) is 0 Å². The summed E-state index contributed by atoms with van der Waals surface area (Å²) in [5.41, 5.74) is -0.450. The van der Waals surface area contributed by atoms with Crippen LogP contribution in [0.4, 0.5) is 0 Å². The molecular weight excluding hydrogens is 156 g/mol. The Kier molecular flexibility index (Phi) is 3.87. The predicted molar refractivity (Wildman–Crippen MR) is 46.8 cm³/mol. The Balaban J connectivity index is 4.38. The van der Waals surface area contributed by atoms with Crippen molar-refractivity contribution in [3.8, 4) is 0 Å². The van der Waals surface area contributed by atoms with Gasteiger partial charge in [-0.1, -0.05) is 20.8 Å². The summed E-state index contributed by atoms with van der Waals surface area (Å²) in [6, 6.07) is 0. The van der Waals surface area contributed by atoms with Crippen molar-refractivity contribution in [2.45, 2.75) is 46.3 Å². The Labute approximate surface area is 73.4 Å². The fraction of sp³-hybridized carbons (Fsp3) is 0.889. The minimum atomic E-state index is -1.08. The van der Waals surface area contributed by atoms with Crippen molar-refractivity contribution in [1.29, 1.82) is 0 Å². The first-order chi connectivity index (χ1) is 5.33. The molecule has 3 nitrogen and oxygen atoms in total. The van der Waals surface area contributed by atoms with E-state index in [-0.39, 0.29) is 0 Å². The predicted octanol–water partition coefficient (Wildman–Crippen LogP) is 0.733. The van der Waals surface area contributed by atoms with E-state index in [0.717, 1.165) is 0 Å². The summed E-state index contributed by atoms with van der Waals surface area (Å²) in [4.78, 5) is 11.1. The molecule has 0 fully saturated rings. The van der Waals surface area contributed by atoms with Crippen LogP contribution in [-0.2, 0) is 4.79 Å². The van der Waals surface area contributed by atoms with Crippen LogP contribution >= 0.6 is 0 Å². The van der Waals surface area contributed by atoms with E-state index in [1.807, 2.05) is 6.92 Å². The van der Waals surface area contributed by atoms with Crippen molar-refractivity contribution in [2.75, 3.05) is 0 Å². The smallest absolute Gasteiger partial charge is 0.189 e. The second kappa shape index (κ2) is 4.01. The molecule has 0 aromatic rings. The number of carbonyl (C=O) groups excluding carboxylic acids is 1. The molecule has 0 bridgehead atoms. The molecule has 72 valence electrons. The number of hydrogen-bond acceptors (Lipinski definition) is 3. The van der Waals surface area contributed by atoms with Gasteiger partial charge in [0.2, 0.25) is 0 Å². The molecule has 0 rings (SSSR count). The third kappa shape index (κ3) is 2.57. The Morgan fingerprint density at radius 3 is 2.08 bits per heavy atom. The largest absolute Gasteiger partial charge is 0.386 e. The standard InChI is InChI=1S/C9H18O3/c1-5-9(3,4)8(12)7(11)6(2)10/h6,8,10,12H,5H2,1-4H3. The van der Waals surface area contributed by atoms with E-state index in [1.165, 1.54) is 6.92 Å². The van der Waals surface area contributed by atoms with Gasteiger partial charge in [0.1, 0.15) is 12.2 Å². The molecule has 0 aliphatic heterocycles. The minimum Gasteiger partial charge on any atom is -0.386 e. The summed E-state index contributed by atoms with van der Waals surface area (Å²) in [7, 11) is 0. The zero-order valence-corrected chi connectivity index (χ0v) is 8.16. The molecule has 3 heteroatoms. The van der Waals surface area contributed by atoms with Crippen molar-refractivity contribution in [3.05, 3.63) is 0 Å². The minimum absolute atomic E-state index is 0.450. The maximum Gasteiger partial charge on any atom is 0.189 e. The number of hydrogen-bond donors (Lipinski definition) is 2. The van der Waals surface area contributed by atoms with Gasteiger partial charge in [-0.25, -0.2) is 0 Å². The molecule has 2 atom stereocenters. The second-order valence-corrected chi connectivity index (χ2v) is 3.82. The highest BCUT2D eigenvalue weighted by molar-refractivity contribution is 5.87. The quantitative estimate of drug-likeness (QED) is 0.660. The van der Waals surface area contributed by atoms with E-state index >= 15 is 0 Å². The third-order valence-electron chi connectivity index (χ3n) is 2.33. The monoisotopic (exact) mass is 174 g/mol. The molecule has 0 aromatic carbocycles. The van der Waals surface area contributed by atoms with Gasteiger partial charge in [-0.05, 0) is 18.8 Å². The molecule has 2 unspecified atom stereocenters. The first-order valence-corrected chi connectivity index (χ1v) is 4.22. The van der Waals surface area contributed by atoms with Crippen LogP contribution in [-0.4, -0.2) is 28.2 Å². The van der Waals surface area contributed by atoms with Crippen LogP contribution < -0.4 is 0 Å². The van der Waals surface area contributed by atoms with Crippen molar-refractivity contribution in [3.63, 3.8) is 0 Å². The summed E-state index contributed by atoms with van der Waals surface area (Å²) in [6.45, 7) is 6.88. The topological polar surface area (TPSA) is 57.5 Å². The normalized spacial score (nSPS) is 17.2. The van der Waals surface area contributed by atoms with E-state index in [4.69, 9.17) is 5.11 Å². The highest BCUT2D eigenvalue weighted by Crippen LogP contribution is 2.25. The number of Topliss-reactive ketones (excluding diaryl/α,β-unsaturated/α-hetero) is 1. The van der Waals surface area contributed by atoms with Crippen LogP contribution in [0.3, 0.4) is 0 Å². The average Bonchev–Trinajstić information content (AvgIpc) is 2.01. The van der Waals surface area contributed by atoms with Crippen LogP contribution in [0.2, 0.25) is 0 Å². The first-order valence-electron chi connectivity index (χ1n) is 4.22. The van der Waals surface area contributed by atoms with Crippen LogP contribution in [0, 0.1) is 5.41 Å². The Morgan fingerprint density at radius 1 is 1.42 bits per heavy atom. The molecule has 0 saturated heterocycles. The number of aliphatic hydroxyl groups excluding tert-OH is 2. The maximum absolute atomic E-state index is 11.1. The van der Waals surface area contributed by atoms with Gasteiger partial charge in [-0.15, -0.1) is 0 Å². The van der Waals surface area contributed by atoms with E-state index in [9.17, 15) is 9.90 Å². The lowest BCUT2D eigenvalue weighted by Crippen LogP contribution is -2.40. The van der Waals surface area contributed by atoms with E-state index < -0.39 is 23.4 Å². The van der Waals surface area contributed by atoms with Crippen LogP contribution in [0.25, 0.3) is 0 Å². The van der Waals surface area contributed by atoms with Crippen molar-refractivity contribution >= 4 is 5.78 Å². The zero-order chi connectivity index (χ0) is 9.94. The summed E-state index contributed by atoms with van der Waals surface area (Å²) in [6.07, 6.45) is -1.44. The van der Waals surface area contributed by atoms with Crippen LogP contribution in [0.1, 0.15) is 34.1 Å². The Morgan fingerprint density at radius 2 is 1.83 bits per heavy atom. The lowest BCUT2D eigenvalue weighted by molar-refractivity contribution is -0.140. The van der Waals surface area contributed by atoms with Gasteiger partial charge in [0.05, 0.1) is 0 Å². The summed E-state index contributed by atoms with van der Waals surface area (Å²) >= 11 is 0. The summed E-state index contributed by atoms with van der Waals surface area (Å²) in [5, 5.41) is 18.4. The Bertz CT molecular complexity index is 161. The maximum atomic E-state index is 11.1. The van der Waals surface area contributed by atoms with Gasteiger partial charge in [-0.3, -0.25) is 4.79 Å². The number of carbonyl (C=O) groups is 1. The molecule has 0 spiro atoms. The van der Waals surface area contributed by atoms with Gasteiger partial charge in [0, 0.05) is 0 Å². The lowest BCUT2D eigenvalue weighted by atomic mass is 9.81. The second-order valence-electron chi connectivity index (χ2n) is 3.82. The molecule has 0 amide bonds. The Hall–Kier alpha value is -0.410. The average molecular weight is 174 g/mol. The zero-order valence-electron chi connectivity index (χ0n) is 8.16. The molecule has 0 aliphatic carbocycles. The van der Waals surface area contributed by atoms with Crippen molar-refractivity contribution in [2.24, 2.45) is 5.41 Å². The molecule has 0 aliphatic rings. The van der Waals surface area contributed by atoms with Crippen LogP contribution in [0.5, 0.6) is 0 Å². The van der Waals surface area contributed by atoms with Crippen molar-refractivity contribution < 1.29 is 15.0 Å². The molecule has 12 heavy (non-hydrogen) atoms. The fourth-order valence-electron chi connectivity index (χ4n) is 0.807. The van der Waals surface area contributed by atoms with Crippen molar-refractivity contribution in [1.82, 2.24) is 0 Å². The highest BCUT2D eigenvalue weighted by Gasteiger charge is 2.33. The number of rotatable bonds is 4. The van der Waals surface area contributed by atoms with Gasteiger partial charge in [0.15, 0.2) is 5.78 Å². The molecule has 0 heterocycles. The van der Waals surface area contributed by atoms with Gasteiger partial charge < -0.3 is 10.2 Å².